The van der Waals surface area contributed by atoms with Crippen LogP contribution in [-0.4, -0.2) is 21.7 Å². The summed E-state index contributed by atoms with van der Waals surface area (Å²) in [6.07, 6.45) is -1.06. The molecule has 0 amide bonds. The van der Waals surface area contributed by atoms with Crippen molar-refractivity contribution < 1.29 is 13.2 Å². The highest BCUT2D eigenvalue weighted by Gasteiger charge is 2.30. The Morgan fingerprint density at radius 1 is 1.04 bits per heavy atom. The molecule has 0 saturated carbocycles. The second kappa shape index (κ2) is 6.86. The Labute approximate surface area is 153 Å². The van der Waals surface area contributed by atoms with Gasteiger partial charge in [-0.1, -0.05) is 24.3 Å². The molecule has 0 spiro atoms. The summed E-state index contributed by atoms with van der Waals surface area (Å²) in [6, 6.07) is 13.0. The van der Waals surface area contributed by atoms with Gasteiger partial charge in [0.25, 0.3) is 5.95 Å². The number of aromatic nitrogens is 3. The quantitative estimate of drug-likeness (QED) is 0.722. The third-order valence-electron chi connectivity index (χ3n) is 4.36. The van der Waals surface area contributed by atoms with Crippen LogP contribution in [0.25, 0.3) is 0 Å². The zero-order valence-corrected chi connectivity index (χ0v) is 14.2. The smallest absolute Gasteiger partial charge is 0.339 e. The van der Waals surface area contributed by atoms with Crippen molar-refractivity contribution in [1.82, 2.24) is 15.2 Å². The van der Waals surface area contributed by atoms with Crippen LogP contribution in [0.1, 0.15) is 17.5 Å². The minimum absolute atomic E-state index is 0.287. The van der Waals surface area contributed by atoms with E-state index >= 15 is 0 Å². The summed E-state index contributed by atoms with van der Waals surface area (Å²) < 4.78 is 38.6. The maximum Gasteiger partial charge on any atom is 0.416 e. The molecule has 27 heavy (non-hydrogen) atoms. The Kier molecular flexibility index (Phi) is 4.39. The number of nitrogens with one attached hydrogen (secondary N) is 1. The molecule has 0 atom stereocenters. The molecule has 0 aliphatic carbocycles. The first-order valence-electron chi connectivity index (χ1n) is 8.50. The SMILES string of the molecule is FC(F)(F)c1cccc(Nc2cnnc(N3CCCc4ccccc43)n2)c1. The average Bonchev–Trinajstić information content (AvgIpc) is 2.67. The van der Waals surface area contributed by atoms with Crippen LogP contribution < -0.4 is 10.2 Å². The van der Waals surface area contributed by atoms with Crippen LogP contribution >= 0.6 is 0 Å². The van der Waals surface area contributed by atoms with Gasteiger partial charge in [-0.3, -0.25) is 0 Å². The lowest BCUT2D eigenvalue weighted by Gasteiger charge is -2.29. The Bertz CT molecular complexity index is 958. The van der Waals surface area contributed by atoms with Crippen molar-refractivity contribution in [2.45, 2.75) is 19.0 Å². The number of hydrogen-bond acceptors (Lipinski definition) is 5. The van der Waals surface area contributed by atoms with Gasteiger partial charge in [0.1, 0.15) is 0 Å². The van der Waals surface area contributed by atoms with Gasteiger partial charge in [-0.25, -0.2) is 0 Å². The van der Waals surface area contributed by atoms with E-state index in [1.165, 1.54) is 17.8 Å². The summed E-state index contributed by atoms with van der Waals surface area (Å²) >= 11 is 0. The molecule has 5 nitrogen and oxygen atoms in total. The van der Waals surface area contributed by atoms with Crippen LogP contribution in [0.3, 0.4) is 0 Å². The Morgan fingerprint density at radius 3 is 2.74 bits per heavy atom. The van der Waals surface area contributed by atoms with Crippen molar-refractivity contribution in [2.24, 2.45) is 0 Å². The lowest BCUT2D eigenvalue weighted by atomic mass is 10.0. The molecule has 2 aromatic carbocycles. The monoisotopic (exact) mass is 371 g/mol. The second-order valence-corrected chi connectivity index (χ2v) is 6.23. The van der Waals surface area contributed by atoms with Gasteiger partial charge in [0, 0.05) is 17.9 Å². The molecule has 0 fully saturated rings. The third-order valence-corrected chi connectivity index (χ3v) is 4.36. The van der Waals surface area contributed by atoms with E-state index in [1.54, 1.807) is 6.07 Å². The summed E-state index contributed by atoms with van der Waals surface area (Å²) in [7, 11) is 0. The lowest BCUT2D eigenvalue weighted by Crippen LogP contribution is -2.26. The van der Waals surface area contributed by atoms with Gasteiger partial charge < -0.3 is 10.2 Å². The van der Waals surface area contributed by atoms with Gasteiger partial charge >= 0.3 is 6.18 Å². The van der Waals surface area contributed by atoms with Gasteiger partial charge in [0.15, 0.2) is 5.82 Å². The van der Waals surface area contributed by atoms with Gasteiger partial charge in [-0.15, -0.1) is 5.10 Å². The van der Waals surface area contributed by atoms with E-state index in [0.29, 0.717) is 11.8 Å². The fourth-order valence-corrected chi connectivity index (χ4v) is 3.13. The van der Waals surface area contributed by atoms with E-state index in [-0.39, 0.29) is 5.69 Å². The number of alkyl halides is 3. The number of rotatable bonds is 3. The highest BCUT2D eigenvalue weighted by atomic mass is 19.4. The molecule has 0 bridgehead atoms. The predicted molar refractivity (Wildman–Crippen MR) is 96.3 cm³/mol. The summed E-state index contributed by atoms with van der Waals surface area (Å²) in [5, 5.41) is 10.9. The zero-order chi connectivity index (χ0) is 18.9. The van der Waals surface area contributed by atoms with Crippen molar-refractivity contribution >= 4 is 23.1 Å². The van der Waals surface area contributed by atoms with Gasteiger partial charge in [-0.05, 0) is 42.7 Å². The van der Waals surface area contributed by atoms with Crippen LogP contribution in [0, 0.1) is 0 Å². The molecule has 1 aromatic heterocycles. The largest absolute Gasteiger partial charge is 0.416 e. The van der Waals surface area contributed by atoms with Crippen LogP contribution in [-0.2, 0) is 12.6 Å². The number of aryl methyl sites for hydroxylation is 1. The summed E-state index contributed by atoms with van der Waals surface area (Å²) in [5.41, 5.74) is 1.81. The summed E-state index contributed by atoms with van der Waals surface area (Å²) in [5.74, 6) is 0.751. The third kappa shape index (κ3) is 3.69. The topological polar surface area (TPSA) is 53.9 Å². The van der Waals surface area contributed by atoms with Crippen LogP contribution in [0.5, 0.6) is 0 Å². The van der Waals surface area contributed by atoms with E-state index in [1.807, 2.05) is 23.1 Å². The van der Waals surface area contributed by atoms with Crippen LogP contribution in [0.4, 0.5) is 36.3 Å². The highest BCUT2D eigenvalue weighted by Crippen LogP contribution is 2.33. The maximum absolute atomic E-state index is 12.9. The number of hydrogen-bond donors (Lipinski definition) is 1. The predicted octanol–water partition coefficient (Wildman–Crippen LogP) is 4.72. The number of halogens is 3. The molecule has 0 radical (unpaired) electrons. The Balaban J connectivity index is 1.61. The van der Waals surface area contributed by atoms with E-state index in [9.17, 15) is 13.2 Å². The van der Waals surface area contributed by atoms with Crippen LogP contribution in [0.15, 0.2) is 54.7 Å². The Hall–Kier alpha value is -3.16. The standard InChI is InChI=1S/C19H16F3N5/c20-19(21,22)14-7-3-8-15(11-14)24-17-12-23-26-18(25-17)27-10-4-6-13-5-1-2-9-16(13)27/h1-3,5,7-9,11-12H,4,6,10H2,(H,24,25,26). The number of nitrogens with zero attached hydrogens (tertiary/aromatic N) is 4. The van der Waals surface area contributed by atoms with E-state index < -0.39 is 11.7 Å². The molecule has 8 heteroatoms. The Morgan fingerprint density at radius 2 is 1.89 bits per heavy atom. The van der Waals surface area contributed by atoms with Crippen molar-refractivity contribution in [1.29, 1.82) is 0 Å². The number of benzene rings is 2. The normalized spacial score (nSPS) is 14.0. The van der Waals surface area contributed by atoms with Crippen molar-refractivity contribution in [3.8, 4) is 0 Å². The maximum atomic E-state index is 12.9. The van der Waals surface area contributed by atoms with E-state index in [4.69, 9.17) is 0 Å². The highest BCUT2D eigenvalue weighted by molar-refractivity contribution is 5.65. The minimum atomic E-state index is -4.40. The first-order valence-corrected chi connectivity index (χ1v) is 8.50. The number of anilines is 4. The fourth-order valence-electron chi connectivity index (χ4n) is 3.13. The molecule has 3 aromatic rings. The number of fused-ring (bicyclic) bond motifs is 1. The van der Waals surface area contributed by atoms with E-state index in [0.717, 1.165) is 37.2 Å². The molecular weight excluding hydrogens is 355 g/mol. The average molecular weight is 371 g/mol. The molecular formula is C19H16F3N5. The summed E-state index contributed by atoms with van der Waals surface area (Å²) in [6.45, 7) is 0.756. The second-order valence-electron chi connectivity index (χ2n) is 6.23. The number of para-hydroxylation sites is 1. The first kappa shape index (κ1) is 17.3. The molecule has 1 N–H and O–H groups in total. The lowest BCUT2D eigenvalue weighted by molar-refractivity contribution is -0.137. The van der Waals surface area contributed by atoms with Gasteiger partial charge in [0.05, 0.1) is 11.8 Å². The molecule has 4 rings (SSSR count). The van der Waals surface area contributed by atoms with Crippen molar-refractivity contribution in [2.75, 3.05) is 16.8 Å². The fraction of sp³-hybridized carbons (Fsp3) is 0.211. The first-order chi connectivity index (χ1) is 13.0. The van der Waals surface area contributed by atoms with Gasteiger partial charge in [-0.2, -0.15) is 23.3 Å². The van der Waals surface area contributed by atoms with Gasteiger partial charge in [0.2, 0.25) is 0 Å². The molecule has 0 unspecified atom stereocenters. The molecule has 2 heterocycles. The van der Waals surface area contributed by atoms with Crippen LogP contribution in [0.2, 0.25) is 0 Å². The van der Waals surface area contributed by atoms with Crippen molar-refractivity contribution in [3.05, 3.63) is 65.9 Å². The molecule has 1 aliphatic heterocycles. The zero-order valence-electron chi connectivity index (χ0n) is 14.2. The molecule has 1 aliphatic rings. The molecule has 0 saturated heterocycles. The van der Waals surface area contributed by atoms with E-state index in [2.05, 4.69) is 26.6 Å². The van der Waals surface area contributed by atoms with Crippen molar-refractivity contribution in [3.63, 3.8) is 0 Å². The summed E-state index contributed by atoms with van der Waals surface area (Å²) in [4.78, 5) is 6.42. The minimum Gasteiger partial charge on any atom is -0.339 e. The molecule has 138 valence electrons.